The minimum absolute atomic E-state index is 0. The molecule has 0 spiro atoms. The molecular weight excluding hydrogens is 381 g/mol. The van der Waals surface area contributed by atoms with Crippen molar-refractivity contribution in [2.75, 3.05) is 26.2 Å². The Kier molecular flexibility index (Phi) is 6.65. The minimum Gasteiger partial charge on any atom is -0.338 e. The van der Waals surface area contributed by atoms with Crippen LogP contribution in [-0.2, 0) is 14.8 Å². The number of amides is 1. The van der Waals surface area contributed by atoms with E-state index in [9.17, 15) is 17.6 Å². The highest BCUT2D eigenvalue weighted by molar-refractivity contribution is 7.89. The third-order valence-corrected chi connectivity index (χ3v) is 7.06. The van der Waals surface area contributed by atoms with Crippen molar-refractivity contribution in [2.24, 2.45) is 5.73 Å². The fourth-order valence-electron chi connectivity index (χ4n) is 3.60. The van der Waals surface area contributed by atoms with Crippen LogP contribution in [0, 0.1) is 5.82 Å². The number of hydrogen-bond donors (Lipinski definition) is 1. The molecule has 6 nitrogen and oxygen atoms in total. The van der Waals surface area contributed by atoms with Crippen LogP contribution < -0.4 is 5.73 Å². The van der Waals surface area contributed by atoms with Crippen molar-refractivity contribution in [2.45, 2.75) is 42.5 Å². The number of rotatable bonds is 3. The molecule has 3 rings (SSSR count). The minimum atomic E-state index is -3.67. The summed E-state index contributed by atoms with van der Waals surface area (Å²) in [6, 6.07) is 4.79. The Morgan fingerprint density at radius 3 is 2.08 bits per heavy atom. The van der Waals surface area contributed by atoms with Gasteiger partial charge in [-0.2, -0.15) is 4.31 Å². The van der Waals surface area contributed by atoms with E-state index in [0.29, 0.717) is 25.9 Å². The molecule has 1 aliphatic carbocycles. The Balaban J connectivity index is 0.00000243. The van der Waals surface area contributed by atoms with E-state index in [1.165, 1.54) is 16.4 Å². The second kappa shape index (κ2) is 8.21. The molecule has 0 aromatic heterocycles. The first kappa shape index (κ1) is 21.1. The molecule has 1 saturated heterocycles. The van der Waals surface area contributed by atoms with Crippen LogP contribution in [0.25, 0.3) is 0 Å². The summed E-state index contributed by atoms with van der Waals surface area (Å²) in [5.74, 6) is -0.541. The SMILES string of the molecule is Cl.NC1(C(=O)N2CCN(S(=O)(=O)c3ccc(F)cc3)CC2)CCCCC1. The van der Waals surface area contributed by atoms with E-state index in [4.69, 9.17) is 5.73 Å². The van der Waals surface area contributed by atoms with E-state index < -0.39 is 21.4 Å². The number of carbonyl (C=O) groups is 1. The molecule has 0 radical (unpaired) electrons. The molecule has 1 amide bonds. The molecule has 1 heterocycles. The van der Waals surface area contributed by atoms with E-state index in [0.717, 1.165) is 31.4 Å². The molecular formula is C17H25ClFN3O3S. The molecule has 0 bridgehead atoms. The maximum absolute atomic E-state index is 13.0. The number of piperazine rings is 1. The van der Waals surface area contributed by atoms with E-state index in [1.807, 2.05) is 0 Å². The number of hydrogen-bond acceptors (Lipinski definition) is 4. The summed E-state index contributed by atoms with van der Waals surface area (Å²) >= 11 is 0. The zero-order chi connectivity index (χ0) is 18.1. The maximum atomic E-state index is 13.0. The van der Waals surface area contributed by atoms with Gasteiger partial charge in [0.1, 0.15) is 5.82 Å². The second-order valence-corrected chi connectivity index (χ2v) is 8.80. The molecule has 1 saturated carbocycles. The van der Waals surface area contributed by atoms with Crippen LogP contribution in [0.2, 0.25) is 0 Å². The van der Waals surface area contributed by atoms with Crippen LogP contribution in [0.5, 0.6) is 0 Å². The van der Waals surface area contributed by atoms with Crippen LogP contribution >= 0.6 is 12.4 Å². The van der Waals surface area contributed by atoms with Gasteiger partial charge in [-0.3, -0.25) is 4.79 Å². The highest BCUT2D eigenvalue weighted by Gasteiger charge is 2.40. The zero-order valence-corrected chi connectivity index (χ0v) is 16.2. The van der Waals surface area contributed by atoms with Gasteiger partial charge in [-0.05, 0) is 37.1 Å². The number of nitrogens with zero attached hydrogens (tertiary/aromatic N) is 2. The Bertz CT molecular complexity index is 728. The van der Waals surface area contributed by atoms with Crippen LogP contribution in [-0.4, -0.2) is 55.2 Å². The average molecular weight is 406 g/mol. The number of sulfonamides is 1. The number of halogens is 2. The molecule has 2 aliphatic rings. The number of benzene rings is 1. The van der Waals surface area contributed by atoms with Crippen molar-refractivity contribution in [3.63, 3.8) is 0 Å². The van der Waals surface area contributed by atoms with Crippen molar-refractivity contribution in [1.82, 2.24) is 9.21 Å². The smallest absolute Gasteiger partial charge is 0.243 e. The molecule has 146 valence electrons. The Hall–Kier alpha value is -1.22. The predicted octanol–water partition coefficient (Wildman–Crippen LogP) is 1.74. The van der Waals surface area contributed by atoms with Crippen LogP contribution in [0.4, 0.5) is 4.39 Å². The topological polar surface area (TPSA) is 83.7 Å². The van der Waals surface area contributed by atoms with Crippen molar-refractivity contribution in [1.29, 1.82) is 0 Å². The quantitative estimate of drug-likeness (QED) is 0.830. The van der Waals surface area contributed by atoms with E-state index >= 15 is 0 Å². The number of nitrogens with two attached hydrogens (primary N) is 1. The standard InChI is InChI=1S/C17H24FN3O3S.ClH/c18-14-4-6-15(7-5-14)25(23,24)21-12-10-20(11-13-21)16(22)17(19)8-2-1-3-9-17;/h4-7H,1-3,8-13,19H2;1H. The van der Waals surface area contributed by atoms with Gasteiger partial charge >= 0.3 is 0 Å². The molecule has 2 N–H and O–H groups in total. The van der Waals surface area contributed by atoms with E-state index in [-0.39, 0.29) is 36.3 Å². The zero-order valence-electron chi connectivity index (χ0n) is 14.6. The predicted molar refractivity (Wildman–Crippen MR) is 99.0 cm³/mol. The summed E-state index contributed by atoms with van der Waals surface area (Å²) in [6.07, 6.45) is 4.41. The molecule has 26 heavy (non-hydrogen) atoms. The summed E-state index contributed by atoms with van der Waals surface area (Å²) < 4.78 is 39.6. The Morgan fingerprint density at radius 2 is 1.54 bits per heavy atom. The molecule has 1 aromatic rings. The summed E-state index contributed by atoms with van der Waals surface area (Å²) in [6.45, 7) is 1.11. The summed E-state index contributed by atoms with van der Waals surface area (Å²) in [5, 5.41) is 0. The first-order valence-electron chi connectivity index (χ1n) is 8.67. The van der Waals surface area contributed by atoms with Crippen LogP contribution in [0.15, 0.2) is 29.2 Å². The molecule has 0 unspecified atom stereocenters. The third kappa shape index (κ3) is 4.19. The van der Waals surface area contributed by atoms with Gasteiger partial charge in [0.25, 0.3) is 0 Å². The van der Waals surface area contributed by atoms with Gasteiger partial charge < -0.3 is 10.6 Å². The fourth-order valence-corrected chi connectivity index (χ4v) is 5.02. The lowest BCUT2D eigenvalue weighted by Crippen LogP contribution is -2.60. The average Bonchev–Trinajstić information content (AvgIpc) is 2.62. The lowest BCUT2D eigenvalue weighted by atomic mass is 9.81. The maximum Gasteiger partial charge on any atom is 0.243 e. The Morgan fingerprint density at radius 1 is 1.00 bits per heavy atom. The monoisotopic (exact) mass is 405 g/mol. The van der Waals surface area contributed by atoms with Crippen LogP contribution in [0.3, 0.4) is 0 Å². The summed E-state index contributed by atoms with van der Waals surface area (Å²) in [5.41, 5.74) is 5.51. The largest absolute Gasteiger partial charge is 0.338 e. The van der Waals surface area contributed by atoms with Gasteiger partial charge in [-0.25, -0.2) is 12.8 Å². The van der Waals surface area contributed by atoms with Gasteiger partial charge in [0.2, 0.25) is 15.9 Å². The first-order valence-corrected chi connectivity index (χ1v) is 10.1. The molecule has 9 heteroatoms. The van der Waals surface area contributed by atoms with E-state index in [1.54, 1.807) is 4.90 Å². The summed E-state index contributed by atoms with van der Waals surface area (Å²) in [7, 11) is -3.67. The van der Waals surface area contributed by atoms with E-state index in [2.05, 4.69) is 0 Å². The molecule has 1 aromatic carbocycles. The van der Waals surface area contributed by atoms with Gasteiger partial charge in [0.15, 0.2) is 0 Å². The van der Waals surface area contributed by atoms with Gasteiger partial charge in [-0.15, -0.1) is 12.4 Å². The highest BCUT2D eigenvalue weighted by Crippen LogP contribution is 2.28. The van der Waals surface area contributed by atoms with Crippen molar-refractivity contribution in [3.8, 4) is 0 Å². The summed E-state index contributed by atoms with van der Waals surface area (Å²) in [4.78, 5) is 14.5. The van der Waals surface area contributed by atoms with Gasteiger partial charge in [0, 0.05) is 26.2 Å². The van der Waals surface area contributed by atoms with Crippen molar-refractivity contribution in [3.05, 3.63) is 30.1 Å². The molecule has 2 fully saturated rings. The first-order chi connectivity index (χ1) is 11.8. The molecule has 0 atom stereocenters. The molecule has 1 aliphatic heterocycles. The highest BCUT2D eigenvalue weighted by atomic mass is 35.5. The lowest BCUT2D eigenvalue weighted by Gasteiger charge is -2.40. The van der Waals surface area contributed by atoms with Gasteiger partial charge in [0.05, 0.1) is 10.4 Å². The Labute approximate surface area is 160 Å². The third-order valence-electron chi connectivity index (χ3n) is 5.15. The van der Waals surface area contributed by atoms with Crippen LogP contribution in [0.1, 0.15) is 32.1 Å². The van der Waals surface area contributed by atoms with Crippen molar-refractivity contribution < 1.29 is 17.6 Å². The van der Waals surface area contributed by atoms with Gasteiger partial charge in [-0.1, -0.05) is 19.3 Å². The number of carbonyl (C=O) groups excluding carboxylic acids is 1. The lowest BCUT2D eigenvalue weighted by molar-refractivity contribution is -0.139. The normalized spacial score (nSPS) is 21.1. The fraction of sp³-hybridized carbons (Fsp3) is 0.588. The van der Waals surface area contributed by atoms with Crippen molar-refractivity contribution >= 4 is 28.3 Å². The second-order valence-electron chi connectivity index (χ2n) is 6.87.